The maximum atomic E-state index is 5.77. The van der Waals surface area contributed by atoms with E-state index >= 15 is 0 Å². The molecule has 0 unspecified atom stereocenters. The Hall–Kier alpha value is -0.560. The Bertz CT molecular complexity index is 225. The molecule has 0 bridgehead atoms. The summed E-state index contributed by atoms with van der Waals surface area (Å²) in [7, 11) is 0. The maximum Gasteiger partial charge on any atom is -0.00112 e. The van der Waals surface area contributed by atoms with Crippen molar-refractivity contribution < 1.29 is 0 Å². The Labute approximate surface area is 74.3 Å². The van der Waals surface area contributed by atoms with Crippen LogP contribution in [0.2, 0.25) is 0 Å². The van der Waals surface area contributed by atoms with Gasteiger partial charge in [-0.2, -0.15) is 0 Å². The summed E-state index contributed by atoms with van der Waals surface area (Å²) in [6.45, 7) is 0.848. The van der Waals surface area contributed by atoms with Crippen molar-refractivity contribution in [2.45, 2.75) is 32.1 Å². The first-order valence-electron chi connectivity index (χ1n) is 5.00. The van der Waals surface area contributed by atoms with E-state index in [-0.39, 0.29) is 0 Å². The SMILES string of the molecule is NC[C@@H]1CCCCC2=C1CC=C2. The molecular weight excluding hydrogens is 146 g/mol. The number of nitrogens with two attached hydrogens (primary N) is 1. The normalized spacial score (nSPS) is 28.9. The Morgan fingerprint density at radius 1 is 1.42 bits per heavy atom. The van der Waals surface area contributed by atoms with E-state index < -0.39 is 0 Å². The molecule has 0 spiro atoms. The van der Waals surface area contributed by atoms with Gasteiger partial charge >= 0.3 is 0 Å². The third kappa shape index (κ3) is 1.34. The van der Waals surface area contributed by atoms with Gasteiger partial charge in [0.05, 0.1) is 0 Å². The highest BCUT2D eigenvalue weighted by Crippen LogP contribution is 2.34. The Morgan fingerprint density at radius 2 is 2.33 bits per heavy atom. The van der Waals surface area contributed by atoms with Gasteiger partial charge in [0, 0.05) is 0 Å². The molecule has 1 nitrogen and oxygen atoms in total. The third-order valence-corrected chi connectivity index (χ3v) is 3.10. The molecule has 0 aromatic carbocycles. The first-order valence-corrected chi connectivity index (χ1v) is 5.00. The number of allylic oxidation sites excluding steroid dienone is 3. The van der Waals surface area contributed by atoms with Crippen LogP contribution < -0.4 is 5.73 Å². The largest absolute Gasteiger partial charge is 0.330 e. The minimum atomic E-state index is 0.692. The smallest absolute Gasteiger partial charge is 0.00112 e. The van der Waals surface area contributed by atoms with Crippen molar-refractivity contribution >= 4 is 0 Å². The summed E-state index contributed by atoms with van der Waals surface area (Å²) in [5.41, 5.74) is 9.01. The van der Waals surface area contributed by atoms with Crippen LogP contribution in [0, 0.1) is 5.92 Å². The Morgan fingerprint density at radius 3 is 3.17 bits per heavy atom. The maximum absolute atomic E-state index is 5.77. The second kappa shape index (κ2) is 3.44. The number of hydrogen-bond donors (Lipinski definition) is 1. The monoisotopic (exact) mass is 163 g/mol. The zero-order valence-electron chi connectivity index (χ0n) is 7.55. The van der Waals surface area contributed by atoms with Gasteiger partial charge in [-0.25, -0.2) is 0 Å². The summed E-state index contributed by atoms with van der Waals surface area (Å²) >= 11 is 0. The minimum Gasteiger partial charge on any atom is -0.330 e. The van der Waals surface area contributed by atoms with Crippen LogP contribution >= 0.6 is 0 Å². The van der Waals surface area contributed by atoms with E-state index in [9.17, 15) is 0 Å². The van der Waals surface area contributed by atoms with Crippen LogP contribution in [0.4, 0.5) is 0 Å². The lowest BCUT2D eigenvalue weighted by molar-refractivity contribution is 0.543. The molecule has 2 aliphatic rings. The summed E-state index contributed by atoms with van der Waals surface area (Å²) in [6, 6.07) is 0. The second-order valence-electron chi connectivity index (χ2n) is 3.84. The van der Waals surface area contributed by atoms with Crippen molar-refractivity contribution in [3.63, 3.8) is 0 Å². The van der Waals surface area contributed by atoms with E-state index in [1.165, 1.54) is 32.1 Å². The lowest BCUT2D eigenvalue weighted by atomic mass is 9.93. The molecular formula is C11H17N. The van der Waals surface area contributed by atoms with E-state index in [2.05, 4.69) is 12.2 Å². The van der Waals surface area contributed by atoms with Crippen molar-refractivity contribution in [3.8, 4) is 0 Å². The van der Waals surface area contributed by atoms with Crippen LogP contribution in [0.1, 0.15) is 32.1 Å². The highest BCUT2D eigenvalue weighted by atomic mass is 14.6. The molecule has 2 N–H and O–H groups in total. The van der Waals surface area contributed by atoms with Gasteiger partial charge in [-0.15, -0.1) is 0 Å². The molecule has 2 rings (SSSR count). The van der Waals surface area contributed by atoms with Crippen molar-refractivity contribution in [2.24, 2.45) is 11.7 Å². The number of hydrogen-bond acceptors (Lipinski definition) is 1. The van der Waals surface area contributed by atoms with Crippen molar-refractivity contribution in [1.82, 2.24) is 0 Å². The average molecular weight is 163 g/mol. The van der Waals surface area contributed by atoms with Crippen LogP contribution in [-0.4, -0.2) is 6.54 Å². The molecule has 1 heteroatoms. The van der Waals surface area contributed by atoms with Crippen molar-refractivity contribution in [3.05, 3.63) is 23.3 Å². The van der Waals surface area contributed by atoms with E-state index in [4.69, 9.17) is 5.73 Å². The summed E-state index contributed by atoms with van der Waals surface area (Å²) < 4.78 is 0. The standard InChI is InChI=1S/C11H17N/c12-8-10-5-2-1-4-9-6-3-7-11(9)10/h3,6,10H,1-2,4-5,7-8,12H2/t10-/m0/s1. The third-order valence-electron chi connectivity index (χ3n) is 3.10. The molecule has 0 fully saturated rings. The van der Waals surface area contributed by atoms with Crippen LogP contribution in [0.15, 0.2) is 23.3 Å². The summed E-state index contributed by atoms with van der Waals surface area (Å²) in [4.78, 5) is 0. The van der Waals surface area contributed by atoms with Crippen LogP contribution in [0.5, 0.6) is 0 Å². The second-order valence-corrected chi connectivity index (χ2v) is 3.84. The highest BCUT2D eigenvalue weighted by molar-refractivity contribution is 5.36. The van der Waals surface area contributed by atoms with E-state index in [0.717, 1.165) is 6.54 Å². The molecule has 0 aromatic heterocycles. The lowest BCUT2D eigenvalue weighted by Gasteiger charge is -2.14. The van der Waals surface area contributed by atoms with Crippen LogP contribution in [0.3, 0.4) is 0 Å². The first kappa shape index (κ1) is 8.06. The molecule has 0 radical (unpaired) electrons. The number of rotatable bonds is 1. The highest BCUT2D eigenvalue weighted by Gasteiger charge is 2.20. The topological polar surface area (TPSA) is 26.0 Å². The van der Waals surface area contributed by atoms with Gasteiger partial charge in [-0.05, 0) is 43.7 Å². The van der Waals surface area contributed by atoms with Gasteiger partial charge in [0.2, 0.25) is 0 Å². The molecule has 0 aliphatic heterocycles. The van der Waals surface area contributed by atoms with Gasteiger partial charge in [-0.1, -0.05) is 24.1 Å². The quantitative estimate of drug-likeness (QED) is 0.631. The summed E-state index contributed by atoms with van der Waals surface area (Å²) in [5.74, 6) is 0.692. The summed E-state index contributed by atoms with van der Waals surface area (Å²) in [5, 5.41) is 0. The molecule has 0 saturated heterocycles. The summed E-state index contributed by atoms with van der Waals surface area (Å²) in [6.07, 6.45) is 11.1. The van der Waals surface area contributed by atoms with Gasteiger partial charge in [-0.3, -0.25) is 0 Å². The molecule has 1 atom stereocenters. The van der Waals surface area contributed by atoms with Crippen LogP contribution in [0.25, 0.3) is 0 Å². The molecule has 0 saturated carbocycles. The zero-order chi connectivity index (χ0) is 8.39. The van der Waals surface area contributed by atoms with Crippen LogP contribution in [-0.2, 0) is 0 Å². The van der Waals surface area contributed by atoms with Gasteiger partial charge in [0.15, 0.2) is 0 Å². The fraction of sp³-hybridized carbons (Fsp3) is 0.636. The predicted molar refractivity (Wildman–Crippen MR) is 51.8 cm³/mol. The fourth-order valence-corrected chi connectivity index (χ4v) is 2.38. The fourth-order valence-electron chi connectivity index (χ4n) is 2.38. The molecule has 66 valence electrons. The zero-order valence-corrected chi connectivity index (χ0v) is 7.55. The molecule has 0 amide bonds. The molecule has 0 heterocycles. The van der Waals surface area contributed by atoms with E-state index in [1.54, 1.807) is 11.1 Å². The minimum absolute atomic E-state index is 0.692. The van der Waals surface area contributed by atoms with Gasteiger partial charge in [0.1, 0.15) is 0 Å². The van der Waals surface area contributed by atoms with E-state index in [0.29, 0.717) is 5.92 Å². The van der Waals surface area contributed by atoms with Gasteiger partial charge in [0.25, 0.3) is 0 Å². The lowest BCUT2D eigenvalue weighted by Crippen LogP contribution is -2.15. The predicted octanol–water partition coefficient (Wildman–Crippen LogP) is 2.39. The molecule has 0 aromatic rings. The molecule has 12 heavy (non-hydrogen) atoms. The van der Waals surface area contributed by atoms with Crippen molar-refractivity contribution in [1.29, 1.82) is 0 Å². The van der Waals surface area contributed by atoms with Gasteiger partial charge < -0.3 is 5.73 Å². The average Bonchev–Trinajstić information content (AvgIpc) is 2.46. The van der Waals surface area contributed by atoms with Crippen molar-refractivity contribution in [2.75, 3.05) is 6.54 Å². The Kier molecular flexibility index (Phi) is 2.31. The van der Waals surface area contributed by atoms with E-state index in [1.807, 2.05) is 0 Å². The molecule has 2 aliphatic carbocycles. The first-order chi connectivity index (χ1) is 5.92. The Balaban J connectivity index is 2.20.